The summed E-state index contributed by atoms with van der Waals surface area (Å²) in [5.41, 5.74) is 2.01. The highest BCUT2D eigenvalue weighted by Gasteiger charge is 2.06. The summed E-state index contributed by atoms with van der Waals surface area (Å²) in [5, 5.41) is 2.90. The number of hydrogen-bond acceptors (Lipinski definition) is 4. The number of ether oxygens (including phenoxy) is 1. The third-order valence-corrected chi connectivity index (χ3v) is 5.06. The molecule has 0 aliphatic rings. The van der Waals surface area contributed by atoms with E-state index in [2.05, 4.69) is 35.8 Å². The molecule has 0 aromatic heterocycles. The number of anilines is 1. The number of methoxy groups -OCH3 is 1. The molecule has 0 fully saturated rings. The summed E-state index contributed by atoms with van der Waals surface area (Å²) in [4.78, 5) is 13.3. The molecule has 1 N–H and O–H groups in total. The molecule has 0 aliphatic heterocycles. The number of benzene rings is 2. The minimum atomic E-state index is 0.0136. The quantitative estimate of drug-likeness (QED) is 0.556. The Balaban J connectivity index is 1.72. The molecule has 2 rings (SSSR count). The van der Waals surface area contributed by atoms with Gasteiger partial charge in [0.2, 0.25) is 5.91 Å². The fourth-order valence-electron chi connectivity index (χ4n) is 2.04. The van der Waals surface area contributed by atoms with Gasteiger partial charge in [-0.05, 0) is 36.1 Å². The van der Waals surface area contributed by atoms with Gasteiger partial charge in [-0.2, -0.15) is 11.8 Å². The normalized spacial score (nSPS) is 10.3. The minimum absolute atomic E-state index is 0.0136. The molecule has 0 bridgehead atoms. The smallest absolute Gasteiger partial charge is 0.225 e. The maximum absolute atomic E-state index is 12.0. The summed E-state index contributed by atoms with van der Waals surface area (Å²) in [6.07, 6.45) is 2.57. The van der Waals surface area contributed by atoms with Crippen LogP contribution >= 0.6 is 23.5 Å². The molecule has 1 amide bonds. The van der Waals surface area contributed by atoms with Crippen LogP contribution in [0.5, 0.6) is 5.75 Å². The van der Waals surface area contributed by atoms with E-state index in [1.54, 1.807) is 30.6 Å². The monoisotopic (exact) mass is 347 g/mol. The second kappa shape index (κ2) is 9.53. The number of carbonyl (C=O) groups is 1. The van der Waals surface area contributed by atoms with Crippen LogP contribution in [0.3, 0.4) is 0 Å². The van der Waals surface area contributed by atoms with Gasteiger partial charge in [0.15, 0.2) is 0 Å². The molecule has 0 saturated carbocycles. The Morgan fingerprint density at radius 3 is 2.57 bits per heavy atom. The predicted molar refractivity (Wildman–Crippen MR) is 101 cm³/mol. The number of hydrogen-bond donors (Lipinski definition) is 1. The summed E-state index contributed by atoms with van der Waals surface area (Å²) in [5.74, 6) is 2.42. The van der Waals surface area contributed by atoms with E-state index in [-0.39, 0.29) is 5.91 Å². The maximum atomic E-state index is 12.0. The van der Waals surface area contributed by atoms with E-state index in [4.69, 9.17) is 4.74 Å². The largest absolute Gasteiger partial charge is 0.495 e. The molecule has 0 aliphatic carbocycles. The van der Waals surface area contributed by atoms with Gasteiger partial charge in [0.1, 0.15) is 5.75 Å². The molecule has 122 valence electrons. The molecule has 0 unspecified atom stereocenters. The van der Waals surface area contributed by atoms with Crippen LogP contribution in [0.1, 0.15) is 12.0 Å². The van der Waals surface area contributed by atoms with Crippen LogP contribution in [0.4, 0.5) is 5.69 Å². The lowest BCUT2D eigenvalue weighted by molar-refractivity contribution is -0.115. The lowest BCUT2D eigenvalue weighted by Gasteiger charge is -2.09. The van der Waals surface area contributed by atoms with Gasteiger partial charge in [-0.1, -0.05) is 24.3 Å². The first-order chi connectivity index (χ1) is 11.2. The number of rotatable bonds is 8. The first-order valence-electron chi connectivity index (χ1n) is 7.36. The molecule has 0 radical (unpaired) electrons. The number of carbonyl (C=O) groups excluding carboxylic acids is 1. The molecule has 0 spiro atoms. The molecule has 5 heteroatoms. The Morgan fingerprint density at radius 1 is 1.13 bits per heavy atom. The van der Waals surface area contributed by atoms with Crippen LogP contribution in [0.2, 0.25) is 0 Å². The molecular weight excluding hydrogens is 326 g/mol. The average Bonchev–Trinajstić information content (AvgIpc) is 2.59. The van der Waals surface area contributed by atoms with Crippen LogP contribution < -0.4 is 10.1 Å². The van der Waals surface area contributed by atoms with Crippen LogP contribution in [-0.2, 0) is 10.5 Å². The van der Waals surface area contributed by atoms with Crippen molar-refractivity contribution in [2.75, 3.05) is 24.4 Å². The summed E-state index contributed by atoms with van der Waals surface area (Å²) < 4.78 is 5.23. The van der Waals surface area contributed by atoms with Crippen molar-refractivity contribution in [1.29, 1.82) is 0 Å². The second-order valence-electron chi connectivity index (χ2n) is 4.90. The second-order valence-corrected chi connectivity index (χ2v) is 6.88. The van der Waals surface area contributed by atoms with Crippen molar-refractivity contribution in [3.63, 3.8) is 0 Å². The zero-order valence-corrected chi connectivity index (χ0v) is 15.0. The molecule has 0 saturated heterocycles. The number of thioether (sulfide) groups is 2. The van der Waals surface area contributed by atoms with Crippen molar-refractivity contribution < 1.29 is 9.53 Å². The van der Waals surface area contributed by atoms with Gasteiger partial charge in [0.05, 0.1) is 12.8 Å². The standard InChI is InChI=1S/C18H21NO2S2/c1-21-17-6-4-3-5-16(17)19-18(20)11-12-23-13-14-7-9-15(22-2)10-8-14/h3-10H,11-13H2,1-2H3,(H,19,20). The first kappa shape index (κ1) is 17.8. The van der Waals surface area contributed by atoms with Crippen molar-refractivity contribution >= 4 is 35.1 Å². The van der Waals surface area contributed by atoms with E-state index in [1.807, 2.05) is 24.3 Å². The van der Waals surface area contributed by atoms with Crippen molar-refractivity contribution in [1.82, 2.24) is 0 Å². The topological polar surface area (TPSA) is 38.3 Å². The average molecular weight is 348 g/mol. The number of nitrogens with one attached hydrogen (secondary N) is 1. The van der Waals surface area contributed by atoms with Crippen LogP contribution in [0.25, 0.3) is 0 Å². The molecule has 0 heterocycles. The van der Waals surface area contributed by atoms with Gasteiger partial charge >= 0.3 is 0 Å². The van der Waals surface area contributed by atoms with Gasteiger partial charge in [-0.25, -0.2) is 0 Å². The Morgan fingerprint density at radius 2 is 1.87 bits per heavy atom. The molecule has 3 nitrogen and oxygen atoms in total. The first-order valence-corrected chi connectivity index (χ1v) is 9.74. The van der Waals surface area contributed by atoms with Crippen molar-refractivity contribution in [2.24, 2.45) is 0 Å². The van der Waals surface area contributed by atoms with Gasteiger partial charge in [-0.3, -0.25) is 4.79 Å². The highest BCUT2D eigenvalue weighted by Crippen LogP contribution is 2.23. The van der Waals surface area contributed by atoms with E-state index < -0.39 is 0 Å². The number of amides is 1. The van der Waals surface area contributed by atoms with Crippen molar-refractivity contribution in [3.05, 3.63) is 54.1 Å². The fraction of sp³-hybridized carbons (Fsp3) is 0.278. The zero-order chi connectivity index (χ0) is 16.5. The van der Waals surface area contributed by atoms with Crippen LogP contribution in [0, 0.1) is 0 Å². The van der Waals surface area contributed by atoms with E-state index in [1.165, 1.54) is 10.5 Å². The summed E-state index contributed by atoms with van der Waals surface area (Å²) >= 11 is 3.51. The number of para-hydroxylation sites is 2. The Hall–Kier alpha value is -1.59. The summed E-state index contributed by atoms with van der Waals surface area (Å²) in [6, 6.07) is 16.0. The molecule has 2 aromatic carbocycles. The van der Waals surface area contributed by atoms with E-state index >= 15 is 0 Å². The lowest BCUT2D eigenvalue weighted by Crippen LogP contribution is -2.12. The Kier molecular flexibility index (Phi) is 7.36. The van der Waals surface area contributed by atoms with E-state index in [0.717, 1.165) is 17.2 Å². The predicted octanol–water partition coefficient (Wildman–Crippen LogP) is 4.68. The molecule has 23 heavy (non-hydrogen) atoms. The highest BCUT2D eigenvalue weighted by molar-refractivity contribution is 7.98. The van der Waals surface area contributed by atoms with Crippen molar-refractivity contribution in [3.8, 4) is 5.75 Å². The van der Waals surface area contributed by atoms with Crippen LogP contribution in [-0.4, -0.2) is 25.0 Å². The molecule has 0 atom stereocenters. The SMILES string of the molecule is COc1ccccc1NC(=O)CCSCc1ccc(SC)cc1. The molecular formula is C18H21NO2S2. The third-order valence-electron chi connectivity index (χ3n) is 3.28. The molecule has 2 aromatic rings. The van der Waals surface area contributed by atoms with Gasteiger partial charge in [0, 0.05) is 22.8 Å². The minimum Gasteiger partial charge on any atom is -0.495 e. The van der Waals surface area contributed by atoms with Gasteiger partial charge in [-0.15, -0.1) is 11.8 Å². The maximum Gasteiger partial charge on any atom is 0.225 e. The third kappa shape index (κ3) is 5.84. The van der Waals surface area contributed by atoms with Gasteiger partial charge in [0.25, 0.3) is 0 Å². The van der Waals surface area contributed by atoms with Gasteiger partial charge < -0.3 is 10.1 Å². The lowest BCUT2D eigenvalue weighted by atomic mass is 10.2. The summed E-state index contributed by atoms with van der Waals surface area (Å²) in [6.45, 7) is 0. The highest BCUT2D eigenvalue weighted by atomic mass is 32.2. The Bertz CT molecular complexity index is 629. The van der Waals surface area contributed by atoms with Crippen molar-refractivity contribution in [2.45, 2.75) is 17.1 Å². The van der Waals surface area contributed by atoms with E-state index in [9.17, 15) is 4.79 Å². The van der Waals surface area contributed by atoms with Crippen LogP contribution in [0.15, 0.2) is 53.4 Å². The fourth-order valence-corrected chi connectivity index (χ4v) is 3.35. The zero-order valence-electron chi connectivity index (χ0n) is 13.4. The summed E-state index contributed by atoms with van der Waals surface area (Å²) in [7, 11) is 1.60. The van der Waals surface area contributed by atoms with E-state index in [0.29, 0.717) is 12.2 Å². The Labute approximate surface area is 146 Å².